The molecule has 2 aromatic heterocycles. The van der Waals surface area contributed by atoms with E-state index in [2.05, 4.69) is 21.2 Å². The number of carbonyl (C=O) groups excluding carboxylic acids is 2. The molecule has 0 aliphatic carbocycles. The molecule has 0 aromatic carbocycles. The maximum absolute atomic E-state index is 12.4. The number of thiazole rings is 1. The highest BCUT2D eigenvalue weighted by molar-refractivity contribution is 7.10. The Morgan fingerprint density at radius 3 is 2.82 bits per heavy atom. The lowest BCUT2D eigenvalue weighted by atomic mass is 9.98. The topological polar surface area (TPSA) is 93.7 Å². The molecule has 1 N–H and O–H groups in total. The Labute approximate surface area is 166 Å². The van der Waals surface area contributed by atoms with Crippen molar-refractivity contribution in [3.63, 3.8) is 0 Å². The monoisotopic (exact) mass is 400 g/mol. The van der Waals surface area contributed by atoms with Crippen LogP contribution in [0, 0.1) is 12.3 Å². The summed E-state index contributed by atoms with van der Waals surface area (Å²) in [5.41, 5.74) is 0.936. The van der Waals surface area contributed by atoms with Crippen molar-refractivity contribution in [3.05, 3.63) is 34.4 Å². The Balaban J connectivity index is 1.54. The minimum Gasteiger partial charge on any atom is -0.481 e. The van der Waals surface area contributed by atoms with E-state index < -0.39 is 0 Å². The highest BCUT2D eigenvalue weighted by atomic mass is 32.1. The lowest BCUT2D eigenvalue weighted by Crippen LogP contribution is -2.38. The fourth-order valence-corrected chi connectivity index (χ4v) is 3.82. The SMILES string of the molecule is C#CCOC(=O)N1CCC(c2nc(C(=O)Nc3ccc(OC)nc3)cs2)CC1. The molecule has 3 rings (SSSR count). The fourth-order valence-electron chi connectivity index (χ4n) is 2.85. The first-order valence-electron chi connectivity index (χ1n) is 8.72. The largest absolute Gasteiger partial charge is 0.481 e. The number of aromatic nitrogens is 2. The van der Waals surface area contributed by atoms with Gasteiger partial charge in [0.25, 0.3) is 5.91 Å². The van der Waals surface area contributed by atoms with E-state index in [1.807, 2.05) is 0 Å². The quantitative estimate of drug-likeness (QED) is 0.776. The van der Waals surface area contributed by atoms with Crippen molar-refractivity contribution in [2.45, 2.75) is 18.8 Å². The molecule has 2 aromatic rings. The van der Waals surface area contributed by atoms with Crippen molar-refractivity contribution in [3.8, 4) is 18.2 Å². The maximum atomic E-state index is 12.4. The second-order valence-electron chi connectivity index (χ2n) is 6.13. The van der Waals surface area contributed by atoms with Gasteiger partial charge < -0.3 is 19.7 Å². The molecule has 3 heterocycles. The van der Waals surface area contributed by atoms with Gasteiger partial charge in [0.15, 0.2) is 6.61 Å². The molecule has 2 amide bonds. The fraction of sp³-hybridized carbons (Fsp3) is 0.368. The molecule has 8 nitrogen and oxygen atoms in total. The van der Waals surface area contributed by atoms with Crippen molar-refractivity contribution in [1.29, 1.82) is 0 Å². The van der Waals surface area contributed by atoms with Gasteiger partial charge in [-0.3, -0.25) is 4.79 Å². The van der Waals surface area contributed by atoms with Crippen LogP contribution in [0.25, 0.3) is 0 Å². The van der Waals surface area contributed by atoms with Crippen LogP contribution in [-0.2, 0) is 4.74 Å². The van der Waals surface area contributed by atoms with E-state index in [1.54, 1.807) is 22.4 Å². The summed E-state index contributed by atoms with van der Waals surface area (Å²) >= 11 is 1.46. The van der Waals surface area contributed by atoms with Gasteiger partial charge in [0.1, 0.15) is 5.69 Å². The number of likely N-dealkylation sites (tertiary alicyclic amines) is 1. The number of hydrogen-bond acceptors (Lipinski definition) is 7. The summed E-state index contributed by atoms with van der Waals surface area (Å²) in [4.78, 5) is 34.4. The molecule has 0 atom stereocenters. The number of terminal acetylenes is 1. The maximum Gasteiger partial charge on any atom is 0.410 e. The normalized spacial score (nSPS) is 14.2. The first-order chi connectivity index (χ1) is 13.6. The average molecular weight is 400 g/mol. The molecule has 146 valence electrons. The van der Waals surface area contributed by atoms with Crippen molar-refractivity contribution >= 4 is 29.0 Å². The van der Waals surface area contributed by atoms with Crippen molar-refractivity contribution < 1.29 is 19.1 Å². The van der Waals surface area contributed by atoms with E-state index in [0.29, 0.717) is 30.4 Å². The average Bonchev–Trinajstić information content (AvgIpc) is 3.23. The third kappa shape index (κ3) is 4.78. The zero-order chi connectivity index (χ0) is 19.9. The number of piperidine rings is 1. The van der Waals surface area contributed by atoms with Gasteiger partial charge in [0.05, 0.1) is 24.0 Å². The third-order valence-electron chi connectivity index (χ3n) is 4.34. The van der Waals surface area contributed by atoms with E-state index in [1.165, 1.54) is 24.6 Å². The van der Waals surface area contributed by atoms with Gasteiger partial charge in [0.2, 0.25) is 5.88 Å². The third-order valence-corrected chi connectivity index (χ3v) is 5.35. The first-order valence-corrected chi connectivity index (χ1v) is 9.60. The lowest BCUT2D eigenvalue weighted by Gasteiger charge is -2.30. The Hall–Kier alpha value is -3.12. The zero-order valence-electron chi connectivity index (χ0n) is 15.4. The van der Waals surface area contributed by atoms with Gasteiger partial charge in [-0.05, 0) is 18.9 Å². The highest BCUT2D eigenvalue weighted by Crippen LogP contribution is 2.30. The van der Waals surface area contributed by atoms with E-state index in [-0.39, 0.29) is 24.5 Å². The van der Waals surface area contributed by atoms with E-state index in [0.717, 1.165) is 17.8 Å². The van der Waals surface area contributed by atoms with Gasteiger partial charge >= 0.3 is 6.09 Å². The predicted molar refractivity (Wildman–Crippen MR) is 105 cm³/mol. The summed E-state index contributed by atoms with van der Waals surface area (Å²) in [7, 11) is 1.53. The molecule has 28 heavy (non-hydrogen) atoms. The summed E-state index contributed by atoms with van der Waals surface area (Å²) in [5.74, 6) is 2.68. The minimum absolute atomic E-state index is 0.0204. The van der Waals surface area contributed by atoms with E-state index >= 15 is 0 Å². The van der Waals surface area contributed by atoms with Crippen LogP contribution in [-0.4, -0.2) is 53.7 Å². The predicted octanol–water partition coefficient (Wildman–Crippen LogP) is 2.75. The standard InChI is InChI=1S/C19H20N4O4S/c1-3-10-27-19(25)23-8-6-13(7-9-23)18-22-15(12-28-18)17(24)21-14-4-5-16(26-2)20-11-14/h1,4-5,11-13H,6-10H2,2H3,(H,21,24). The first kappa shape index (κ1) is 19.6. The van der Waals surface area contributed by atoms with Crippen LogP contribution in [0.15, 0.2) is 23.7 Å². The summed E-state index contributed by atoms with van der Waals surface area (Å²) in [6.45, 7) is 1.13. The number of carbonyl (C=O) groups is 2. The zero-order valence-corrected chi connectivity index (χ0v) is 16.2. The molecule has 0 radical (unpaired) electrons. The highest BCUT2D eigenvalue weighted by Gasteiger charge is 2.27. The Bertz CT molecular complexity index is 867. The second kappa shape index (κ2) is 9.19. The molecule has 1 aliphatic rings. The number of anilines is 1. The van der Waals surface area contributed by atoms with E-state index in [9.17, 15) is 9.59 Å². The smallest absolute Gasteiger partial charge is 0.410 e. The molecule has 0 unspecified atom stereocenters. The summed E-state index contributed by atoms with van der Waals surface area (Å²) in [6.07, 6.45) is 7.77. The Morgan fingerprint density at radius 2 is 2.18 bits per heavy atom. The van der Waals surface area contributed by atoms with Crippen LogP contribution in [0.3, 0.4) is 0 Å². The van der Waals surface area contributed by atoms with Gasteiger partial charge in [-0.1, -0.05) is 5.92 Å². The van der Waals surface area contributed by atoms with Crippen LogP contribution < -0.4 is 10.1 Å². The number of ether oxygens (including phenoxy) is 2. The van der Waals surface area contributed by atoms with Crippen LogP contribution in [0.1, 0.15) is 34.3 Å². The number of amides is 2. The van der Waals surface area contributed by atoms with Gasteiger partial charge in [0, 0.05) is 30.5 Å². The van der Waals surface area contributed by atoms with E-state index in [4.69, 9.17) is 15.9 Å². The molecule has 1 aliphatic heterocycles. The number of pyridine rings is 1. The molecular formula is C19H20N4O4S. The summed E-state index contributed by atoms with van der Waals surface area (Å²) in [6, 6.07) is 3.39. The molecule has 1 fully saturated rings. The number of methoxy groups -OCH3 is 1. The van der Waals surface area contributed by atoms with Crippen LogP contribution in [0.4, 0.5) is 10.5 Å². The van der Waals surface area contributed by atoms with Gasteiger partial charge in [-0.15, -0.1) is 17.8 Å². The van der Waals surface area contributed by atoms with Crippen molar-refractivity contribution in [2.24, 2.45) is 0 Å². The van der Waals surface area contributed by atoms with Crippen LogP contribution >= 0.6 is 11.3 Å². The van der Waals surface area contributed by atoms with Crippen LogP contribution in [0.2, 0.25) is 0 Å². The molecular weight excluding hydrogens is 380 g/mol. The summed E-state index contributed by atoms with van der Waals surface area (Å²) < 4.78 is 9.95. The minimum atomic E-state index is -0.385. The van der Waals surface area contributed by atoms with Crippen molar-refractivity contribution in [2.75, 3.05) is 32.1 Å². The van der Waals surface area contributed by atoms with Crippen molar-refractivity contribution in [1.82, 2.24) is 14.9 Å². The number of nitrogens with one attached hydrogen (secondary N) is 1. The molecule has 0 spiro atoms. The lowest BCUT2D eigenvalue weighted by molar-refractivity contribution is 0.102. The van der Waals surface area contributed by atoms with Gasteiger partial charge in [-0.25, -0.2) is 14.8 Å². The molecule has 0 saturated carbocycles. The molecule has 9 heteroatoms. The number of nitrogens with zero attached hydrogens (tertiary/aromatic N) is 3. The van der Waals surface area contributed by atoms with Gasteiger partial charge in [-0.2, -0.15) is 0 Å². The Kier molecular flexibility index (Phi) is 6.45. The Morgan fingerprint density at radius 1 is 1.39 bits per heavy atom. The molecule has 1 saturated heterocycles. The summed E-state index contributed by atoms with van der Waals surface area (Å²) in [5, 5.41) is 5.41. The number of hydrogen-bond donors (Lipinski definition) is 1. The van der Waals surface area contributed by atoms with Crippen LogP contribution in [0.5, 0.6) is 5.88 Å². The second-order valence-corrected chi connectivity index (χ2v) is 7.02. The molecule has 0 bridgehead atoms. The number of rotatable bonds is 5.